The van der Waals surface area contributed by atoms with Gasteiger partial charge >= 0.3 is 6.18 Å². The number of carbonyl (C=O) groups excluding carboxylic acids is 1. The third kappa shape index (κ3) is 5.30. The molecule has 4 rings (SSSR count). The molecule has 0 aliphatic rings. The molecule has 2 aromatic heterocycles. The van der Waals surface area contributed by atoms with Gasteiger partial charge in [0.15, 0.2) is 11.7 Å². The van der Waals surface area contributed by atoms with Gasteiger partial charge in [-0.1, -0.05) is 41.7 Å². The third-order valence-electron chi connectivity index (χ3n) is 4.24. The van der Waals surface area contributed by atoms with Crippen LogP contribution in [0.1, 0.15) is 0 Å². The maximum Gasteiger partial charge on any atom is 0.422 e. The van der Waals surface area contributed by atoms with Crippen molar-refractivity contribution in [1.82, 2.24) is 14.8 Å². The van der Waals surface area contributed by atoms with E-state index in [0.29, 0.717) is 15.9 Å². The summed E-state index contributed by atoms with van der Waals surface area (Å²) in [6.45, 7) is -1.72. The van der Waals surface area contributed by atoms with Gasteiger partial charge in [-0.05, 0) is 24.3 Å². The molecule has 0 bridgehead atoms. The van der Waals surface area contributed by atoms with Crippen LogP contribution in [0.15, 0.2) is 65.5 Å². The smallest absolute Gasteiger partial charge is 0.422 e. The number of alkyl halides is 3. The van der Waals surface area contributed by atoms with Crippen LogP contribution >= 0.6 is 11.3 Å². The second-order valence-electron chi connectivity index (χ2n) is 6.68. The maximum absolute atomic E-state index is 12.4. The maximum atomic E-state index is 12.4. The first-order valence-electron chi connectivity index (χ1n) is 9.30. The Kier molecular flexibility index (Phi) is 5.91. The minimum absolute atomic E-state index is 0.0461. The van der Waals surface area contributed by atoms with E-state index in [9.17, 15) is 22.8 Å². The molecule has 0 atom stereocenters. The quantitative estimate of drug-likeness (QED) is 0.468. The van der Waals surface area contributed by atoms with Crippen molar-refractivity contribution in [1.29, 1.82) is 0 Å². The zero-order chi connectivity index (χ0) is 22.7. The number of nitrogens with one attached hydrogen (secondary N) is 1. The highest BCUT2D eigenvalue weighted by molar-refractivity contribution is 7.22. The second-order valence-corrected chi connectivity index (χ2v) is 7.71. The molecule has 11 heteroatoms. The number of fused-ring (bicyclic) bond motifs is 1. The SMILES string of the molecule is O=C(Cn1nc(-c2ccccc2)ccc1=O)Nc1nc2ccc(OCC(F)(F)F)cc2s1. The molecule has 0 aliphatic carbocycles. The summed E-state index contributed by atoms with van der Waals surface area (Å²) in [5.74, 6) is -0.470. The fourth-order valence-electron chi connectivity index (χ4n) is 2.83. The van der Waals surface area contributed by atoms with E-state index < -0.39 is 24.2 Å². The number of thiazole rings is 1. The summed E-state index contributed by atoms with van der Waals surface area (Å²) in [6, 6.07) is 16.4. The van der Waals surface area contributed by atoms with Crippen molar-refractivity contribution in [3.05, 3.63) is 71.0 Å². The fourth-order valence-corrected chi connectivity index (χ4v) is 3.74. The lowest BCUT2D eigenvalue weighted by Gasteiger charge is -2.08. The summed E-state index contributed by atoms with van der Waals surface area (Å²) in [5.41, 5.74) is 1.40. The number of benzene rings is 2. The molecule has 0 saturated heterocycles. The van der Waals surface area contributed by atoms with Crippen LogP contribution in [0, 0.1) is 0 Å². The van der Waals surface area contributed by atoms with Gasteiger partial charge in [-0.15, -0.1) is 0 Å². The molecular weight excluding hydrogens is 445 g/mol. The standard InChI is InChI=1S/C21H15F3N4O3S/c22-21(23,24)12-31-14-6-7-16-17(10-14)32-20(25-16)26-18(29)11-28-19(30)9-8-15(27-28)13-4-2-1-3-5-13/h1-10H,11-12H2,(H,25,26,29). The minimum atomic E-state index is -4.44. The van der Waals surface area contributed by atoms with Crippen LogP contribution in [0.2, 0.25) is 0 Å². The molecule has 1 amide bonds. The van der Waals surface area contributed by atoms with Gasteiger partial charge in [0.1, 0.15) is 12.3 Å². The Bertz CT molecular complexity index is 1320. The highest BCUT2D eigenvalue weighted by atomic mass is 32.1. The van der Waals surface area contributed by atoms with Crippen molar-refractivity contribution < 1.29 is 22.7 Å². The number of amides is 1. The van der Waals surface area contributed by atoms with E-state index in [1.165, 1.54) is 24.3 Å². The van der Waals surface area contributed by atoms with Crippen LogP contribution < -0.4 is 15.6 Å². The first-order chi connectivity index (χ1) is 15.3. The Morgan fingerprint density at radius 1 is 1.09 bits per heavy atom. The van der Waals surface area contributed by atoms with Crippen molar-refractivity contribution in [2.45, 2.75) is 12.7 Å². The molecule has 0 spiro atoms. The Morgan fingerprint density at radius 3 is 2.62 bits per heavy atom. The highest BCUT2D eigenvalue weighted by Crippen LogP contribution is 2.30. The molecule has 32 heavy (non-hydrogen) atoms. The Hall–Kier alpha value is -3.73. The highest BCUT2D eigenvalue weighted by Gasteiger charge is 2.28. The van der Waals surface area contributed by atoms with E-state index in [0.717, 1.165) is 21.6 Å². The van der Waals surface area contributed by atoms with Crippen molar-refractivity contribution in [2.75, 3.05) is 11.9 Å². The van der Waals surface area contributed by atoms with E-state index in [1.807, 2.05) is 30.3 Å². The molecular formula is C21H15F3N4O3S. The summed E-state index contributed by atoms with van der Waals surface area (Å²) in [7, 11) is 0. The monoisotopic (exact) mass is 460 g/mol. The normalized spacial score (nSPS) is 11.5. The first-order valence-corrected chi connectivity index (χ1v) is 10.1. The number of carbonyl (C=O) groups is 1. The van der Waals surface area contributed by atoms with Crippen LogP contribution in [0.4, 0.5) is 18.3 Å². The Balaban J connectivity index is 1.47. The lowest BCUT2D eigenvalue weighted by atomic mass is 10.1. The first kappa shape index (κ1) is 21.5. The number of ether oxygens (including phenoxy) is 1. The number of anilines is 1. The Morgan fingerprint density at radius 2 is 1.88 bits per heavy atom. The number of aromatic nitrogens is 3. The second kappa shape index (κ2) is 8.79. The summed E-state index contributed by atoms with van der Waals surface area (Å²) in [4.78, 5) is 28.8. The molecule has 4 aromatic rings. The fraction of sp³-hybridized carbons (Fsp3) is 0.143. The van der Waals surface area contributed by atoms with Gasteiger partial charge < -0.3 is 10.1 Å². The zero-order valence-corrected chi connectivity index (χ0v) is 17.1. The number of halogens is 3. The number of nitrogens with zero attached hydrogens (tertiary/aromatic N) is 3. The van der Waals surface area contributed by atoms with Crippen LogP contribution in [0.5, 0.6) is 5.75 Å². The van der Waals surface area contributed by atoms with Gasteiger partial charge in [-0.2, -0.15) is 18.3 Å². The van der Waals surface area contributed by atoms with Crippen molar-refractivity contribution >= 4 is 32.6 Å². The van der Waals surface area contributed by atoms with E-state index in [4.69, 9.17) is 4.74 Å². The molecule has 0 aliphatic heterocycles. The van der Waals surface area contributed by atoms with Crippen LogP contribution in [0.3, 0.4) is 0 Å². The summed E-state index contributed by atoms with van der Waals surface area (Å²) < 4.78 is 43.3. The largest absolute Gasteiger partial charge is 0.484 e. The van der Waals surface area contributed by atoms with E-state index in [-0.39, 0.29) is 17.4 Å². The molecule has 1 N–H and O–H groups in total. The van der Waals surface area contributed by atoms with Crippen LogP contribution in [-0.4, -0.2) is 33.5 Å². The topological polar surface area (TPSA) is 86.1 Å². The van der Waals surface area contributed by atoms with Gasteiger partial charge in [0.25, 0.3) is 5.56 Å². The zero-order valence-electron chi connectivity index (χ0n) is 16.3. The molecule has 2 aromatic carbocycles. The van der Waals surface area contributed by atoms with Gasteiger partial charge in [0, 0.05) is 11.6 Å². The van der Waals surface area contributed by atoms with Gasteiger partial charge in [0.2, 0.25) is 5.91 Å². The molecule has 7 nitrogen and oxygen atoms in total. The summed E-state index contributed by atoms with van der Waals surface area (Å²) in [5, 5.41) is 7.07. The van der Waals surface area contributed by atoms with Crippen LogP contribution in [-0.2, 0) is 11.3 Å². The predicted octanol–water partition coefficient (Wildman–Crippen LogP) is 4.10. The number of rotatable bonds is 6. The van der Waals surface area contributed by atoms with Crippen LogP contribution in [0.25, 0.3) is 21.5 Å². The molecule has 164 valence electrons. The van der Waals surface area contributed by atoms with Gasteiger partial charge in [-0.3, -0.25) is 9.59 Å². The minimum Gasteiger partial charge on any atom is -0.484 e. The third-order valence-corrected chi connectivity index (χ3v) is 5.17. The average Bonchev–Trinajstić information content (AvgIpc) is 3.15. The molecule has 0 fully saturated rings. The number of hydrogen-bond acceptors (Lipinski definition) is 6. The van der Waals surface area contributed by atoms with E-state index in [1.54, 1.807) is 6.07 Å². The van der Waals surface area contributed by atoms with Gasteiger partial charge in [0.05, 0.1) is 15.9 Å². The predicted molar refractivity (Wildman–Crippen MR) is 114 cm³/mol. The summed E-state index contributed by atoms with van der Waals surface area (Å²) >= 11 is 1.08. The van der Waals surface area contributed by atoms with Crippen molar-refractivity contribution in [2.24, 2.45) is 0 Å². The van der Waals surface area contributed by atoms with Crippen molar-refractivity contribution in [3.8, 4) is 17.0 Å². The molecule has 2 heterocycles. The summed E-state index contributed by atoms with van der Waals surface area (Å²) in [6.07, 6.45) is -4.44. The number of hydrogen-bond donors (Lipinski definition) is 1. The molecule has 0 radical (unpaired) electrons. The lowest BCUT2D eigenvalue weighted by molar-refractivity contribution is -0.153. The average molecular weight is 460 g/mol. The van der Waals surface area contributed by atoms with E-state index in [2.05, 4.69) is 15.4 Å². The molecule has 0 unspecified atom stereocenters. The molecule has 0 saturated carbocycles. The Labute approximate surface area is 183 Å². The van der Waals surface area contributed by atoms with Gasteiger partial charge in [-0.25, -0.2) is 9.67 Å². The van der Waals surface area contributed by atoms with Crippen molar-refractivity contribution in [3.63, 3.8) is 0 Å². The van der Waals surface area contributed by atoms with E-state index >= 15 is 0 Å². The lowest BCUT2D eigenvalue weighted by Crippen LogP contribution is -2.29.